The van der Waals surface area contributed by atoms with Gasteiger partial charge in [-0.3, -0.25) is 0 Å². The van der Waals surface area contributed by atoms with Crippen LogP contribution in [0, 0.1) is 0 Å². The number of rotatable bonds is 8. The molecule has 3 heteroatoms. The normalized spacial score (nSPS) is 14.5. The van der Waals surface area contributed by atoms with Gasteiger partial charge in [0, 0.05) is 39.6 Å². The van der Waals surface area contributed by atoms with Crippen LogP contribution in [-0.2, 0) is 0 Å². The summed E-state index contributed by atoms with van der Waals surface area (Å²) in [5.41, 5.74) is 6.28. The Kier molecular flexibility index (Phi) is 7.69. The molecule has 0 aromatic heterocycles. The predicted molar refractivity (Wildman–Crippen MR) is 129 cm³/mol. The molecule has 0 aliphatic heterocycles. The van der Waals surface area contributed by atoms with E-state index in [-0.39, 0.29) is 0 Å². The van der Waals surface area contributed by atoms with Gasteiger partial charge in [0.2, 0.25) is 0 Å². The second kappa shape index (κ2) is 9.80. The molecule has 0 saturated carbocycles. The van der Waals surface area contributed by atoms with Crippen LogP contribution in [0.15, 0.2) is 59.7 Å². The van der Waals surface area contributed by atoms with Gasteiger partial charge in [-0.1, -0.05) is 59.7 Å². The van der Waals surface area contributed by atoms with Crippen LogP contribution in [0.3, 0.4) is 0 Å². The minimum atomic E-state index is -0.790. The Balaban J connectivity index is 2.15. The molecule has 0 aliphatic carbocycles. The zero-order valence-corrected chi connectivity index (χ0v) is 19.0. The topological polar surface area (TPSA) is 26.7 Å². The zero-order valence-electron chi connectivity index (χ0n) is 19.0. The van der Waals surface area contributed by atoms with Crippen LogP contribution in [0.25, 0.3) is 12.2 Å². The highest BCUT2D eigenvalue weighted by Crippen LogP contribution is 2.29. The SMILES string of the molecule is C/C(=C/c1ccccc1N(C)C)CC(C)(O)C/C(C)=C\c1ccccc1N(C)C. The molecule has 0 saturated heterocycles. The number of hydrogen-bond acceptors (Lipinski definition) is 3. The minimum absolute atomic E-state index is 0.634. The highest BCUT2D eigenvalue weighted by atomic mass is 16.3. The molecule has 1 N–H and O–H groups in total. The molecular formula is C26H36N2O. The highest BCUT2D eigenvalue weighted by Gasteiger charge is 2.21. The van der Waals surface area contributed by atoms with Crippen molar-refractivity contribution in [2.45, 2.75) is 39.2 Å². The lowest BCUT2D eigenvalue weighted by atomic mass is 9.89. The van der Waals surface area contributed by atoms with Gasteiger partial charge in [-0.05, 0) is 56.9 Å². The van der Waals surface area contributed by atoms with E-state index in [0.717, 1.165) is 0 Å². The summed E-state index contributed by atoms with van der Waals surface area (Å²) in [6.45, 7) is 6.12. The molecule has 3 nitrogen and oxygen atoms in total. The third-order valence-electron chi connectivity index (χ3n) is 4.96. The summed E-state index contributed by atoms with van der Waals surface area (Å²) in [6, 6.07) is 16.7. The monoisotopic (exact) mass is 392 g/mol. The van der Waals surface area contributed by atoms with Crippen molar-refractivity contribution in [3.63, 3.8) is 0 Å². The summed E-state index contributed by atoms with van der Waals surface area (Å²) in [7, 11) is 8.21. The van der Waals surface area contributed by atoms with E-state index in [1.54, 1.807) is 0 Å². The molecule has 0 fully saturated rings. The van der Waals surface area contributed by atoms with Gasteiger partial charge in [-0.2, -0.15) is 0 Å². The van der Waals surface area contributed by atoms with Crippen molar-refractivity contribution in [3.05, 3.63) is 70.8 Å². The standard InChI is InChI=1S/C26H36N2O/c1-20(16-22-12-8-10-14-24(22)27(4)5)18-26(3,29)19-21(2)17-23-13-9-11-15-25(23)28(6)7/h8-17,29H,18-19H2,1-7H3/b20-16-,21-17-. The van der Waals surface area contributed by atoms with Crippen LogP contribution in [-0.4, -0.2) is 38.9 Å². The van der Waals surface area contributed by atoms with Crippen LogP contribution in [0.1, 0.15) is 44.7 Å². The average Bonchev–Trinajstić information content (AvgIpc) is 2.60. The number of para-hydroxylation sites is 2. The maximum atomic E-state index is 11.1. The Morgan fingerprint density at radius 3 is 1.45 bits per heavy atom. The van der Waals surface area contributed by atoms with Crippen molar-refractivity contribution >= 4 is 23.5 Å². The maximum absolute atomic E-state index is 11.1. The van der Waals surface area contributed by atoms with Crippen LogP contribution in [0.2, 0.25) is 0 Å². The Bertz CT molecular complexity index is 804. The fraction of sp³-hybridized carbons (Fsp3) is 0.385. The van der Waals surface area contributed by atoms with E-state index in [9.17, 15) is 5.11 Å². The molecule has 2 rings (SSSR count). The zero-order chi connectivity index (χ0) is 21.6. The van der Waals surface area contributed by atoms with Crippen molar-refractivity contribution in [2.24, 2.45) is 0 Å². The molecule has 0 unspecified atom stereocenters. The molecule has 0 aliphatic rings. The Morgan fingerprint density at radius 1 is 0.759 bits per heavy atom. The first-order valence-electron chi connectivity index (χ1n) is 10.2. The van der Waals surface area contributed by atoms with E-state index in [2.05, 4.69) is 113 Å². The number of nitrogens with zero attached hydrogens (tertiary/aromatic N) is 2. The van der Waals surface area contributed by atoms with Crippen molar-refractivity contribution in [1.29, 1.82) is 0 Å². The van der Waals surface area contributed by atoms with Crippen molar-refractivity contribution < 1.29 is 5.11 Å². The first-order chi connectivity index (χ1) is 13.6. The van der Waals surface area contributed by atoms with E-state index in [4.69, 9.17) is 0 Å². The molecular weight excluding hydrogens is 356 g/mol. The molecule has 0 radical (unpaired) electrons. The summed E-state index contributed by atoms with van der Waals surface area (Å²) in [6.07, 6.45) is 5.64. The van der Waals surface area contributed by atoms with Crippen molar-refractivity contribution in [2.75, 3.05) is 38.0 Å². The summed E-state index contributed by atoms with van der Waals surface area (Å²) >= 11 is 0. The van der Waals surface area contributed by atoms with E-state index >= 15 is 0 Å². The van der Waals surface area contributed by atoms with Gasteiger partial charge in [0.1, 0.15) is 0 Å². The van der Waals surface area contributed by atoms with Crippen molar-refractivity contribution in [1.82, 2.24) is 0 Å². The molecule has 2 aromatic rings. The van der Waals surface area contributed by atoms with Gasteiger partial charge in [-0.15, -0.1) is 0 Å². The van der Waals surface area contributed by atoms with Crippen LogP contribution >= 0.6 is 0 Å². The molecule has 156 valence electrons. The summed E-state index contributed by atoms with van der Waals surface area (Å²) in [5.74, 6) is 0. The minimum Gasteiger partial charge on any atom is -0.390 e. The highest BCUT2D eigenvalue weighted by molar-refractivity contribution is 5.69. The molecule has 0 amide bonds. The van der Waals surface area contributed by atoms with Gasteiger partial charge >= 0.3 is 0 Å². The Labute approximate surface area is 177 Å². The quantitative estimate of drug-likeness (QED) is 0.610. The molecule has 29 heavy (non-hydrogen) atoms. The lowest BCUT2D eigenvalue weighted by Gasteiger charge is -2.25. The second-order valence-electron chi connectivity index (χ2n) is 8.74. The van der Waals surface area contributed by atoms with Gasteiger partial charge in [0.05, 0.1) is 5.60 Å². The summed E-state index contributed by atoms with van der Waals surface area (Å²) in [5, 5.41) is 11.1. The molecule has 0 bridgehead atoms. The smallest absolute Gasteiger partial charge is 0.0693 e. The molecule has 2 aromatic carbocycles. The van der Waals surface area contributed by atoms with E-state index in [0.29, 0.717) is 12.8 Å². The first kappa shape index (κ1) is 22.8. The van der Waals surface area contributed by atoms with Gasteiger partial charge in [-0.25, -0.2) is 0 Å². The largest absolute Gasteiger partial charge is 0.390 e. The summed E-state index contributed by atoms with van der Waals surface area (Å²) in [4.78, 5) is 4.23. The lowest BCUT2D eigenvalue weighted by molar-refractivity contribution is 0.0614. The first-order valence-corrected chi connectivity index (χ1v) is 10.2. The number of benzene rings is 2. The van der Waals surface area contributed by atoms with Gasteiger partial charge < -0.3 is 14.9 Å². The molecule has 0 spiro atoms. The number of aliphatic hydroxyl groups is 1. The third-order valence-corrected chi connectivity index (χ3v) is 4.96. The Hall–Kier alpha value is -2.52. The van der Waals surface area contributed by atoms with Crippen LogP contribution < -0.4 is 9.80 Å². The van der Waals surface area contributed by atoms with Gasteiger partial charge in [0.25, 0.3) is 0 Å². The average molecular weight is 393 g/mol. The van der Waals surface area contributed by atoms with Crippen LogP contribution in [0.5, 0.6) is 0 Å². The number of anilines is 2. The number of hydrogen-bond donors (Lipinski definition) is 1. The predicted octanol–water partition coefficient (Wildman–Crippen LogP) is 5.86. The fourth-order valence-corrected chi connectivity index (χ4v) is 3.93. The van der Waals surface area contributed by atoms with E-state index in [1.165, 1.54) is 33.6 Å². The van der Waals surface area contributed by atoms with Crippen LogP contribution in [0.4, 0.5) is 11.4 Å². The fourth-order valence-electron chi connectivity index (χ4n) is 3.93. The molecule has 0 heterocycles. The maximum Gasteiger partial charge on any atom is 0.0693 e. The van der Waals surface area contributed by atoms with Crippen molar-refractivity contribution in [3.8, 4) is 0 Å². The Morgan fingerprint density at radius 2 is 1.10 bits per heavy atom. The van der Waals surface area contributed by atoms with E-state index < -0.39 is 5.60 Å². The van der Waals surface area contributed by atoms with E-state index in [1.807, 2.05) is 6.92 Å². The summed E-state index contributed by atoms with van der Waals surface area (Å²) < 4.78 is 0. The lowest BCUT2D eigenvalue weighted by Crippen LogP contribution is -2.24. The third kappa shape index (κ3) is 6.79. The van der Waals surface area contributed by atoms with Gasteiger partial charge in [0.15, 0.2) is 0 Å². The molecule has 0 atom stereocenters. The second-order valence-corrected chi connectivity index (χ2v) is 8.74.